The summed E-state index contributed by atoms with van der Waals surface area (Å²) in [4.78, 5) is 0. The molecule has 0 spiro atoms. The van der Waals surface area contributed by atoms with Crippen molar-refractivity contribution in [1.29, 1.82) is 0 Å². The second kappa shape index (κ2) is 6.55. The first kappa shape index (κ1) is 19.2. The number of fused-ring (bicyclic) bond motifs is 1. The van der Waals surface area contributed by atoms with Crippen molar-refractivity contribution in [2.75, 3.05) is 11.5 Å². The number of rotatable bonds is 5. The first-order valence-corrected chi connectivity index (χ1v) is 10.2. The highest BCUT2D eigenvalue weighted by Gasteiger charge is 2.71. The van der Waals surface area contributed by atoms with Crippen molar-refractivity contribution in [3.8, 4) is 0 Å². The van der Waals surface area contributed by atoms with E-state index in [0.717, 1.165) is 24.0 Å². The summed E-state index contributed by atoms with van der Waals surface area (Å²) in [6, 6.07) is 7.80. The monoisotopic (exact) mass is 464 g/mol. The van der Waals surface area contributed by atoms with E-state index in [1.165, 1.54) is 14.0 Å². The fourth-order valence-corrected chi connectivity index (χ4v) is 5.73. The van der Waals surface area contributed by atoms with Crippen LogP contribution in [0.2, 0.25) is 0 Å². The molecule has 2 aliphatic carbocycles. The number of benzene rings is 1. The van der Waals surface area contributed by atoms with Crippen LogP contribution in [-0.4, -0.2) is 23.3 Å². The molecule has 138 valence electrons. The Morgan fingerprint density at radius 2 is 1.84 bits per heavy atom. The molecule has 1 aromatic carbocycles. The second-order valence-corrected chi connectivity index (χ2v) is 8.32. The highest BCUT2D eigenvalue weighted by Crippen LogP contribution is 2.65. The molecule has 0 aromatic heterocycles. The quantitative estimate of drug-likeness (QED) is 0.371. The first-order valence-electron chi connectivity index (χ1n) is 8.68. The van der Waals surface area contributed by atoms with Gasteiger partial charge in [0, 0.05) is 17.5 Å². The van der Waals surface area contributed by atoms with Gasteiger partial charge in [0.1, 0.15) is 5.41 Å². The number of hydrogen-bond donors (Lipinski definition) is 0. The van der Waals surface area contributed by atoms with Gasteiger partial charge in [-0.25, -0.2) is 0 Å². The molecule has 0 aliphatic heterocycles. The predicted molar refractivity (Wildman–Crippen MR) is 103 cm³/mol. The van der Waals surface area contributed by atoms with Crippen LogP contribution in [0.5, 0.6) is 0 Å². The summed E-state index contributed by atoms with van der Waals surface area (Å²) in [7, 11) is 1.47. The number of halogens is 4. The van der Waals surface area contributed by atoms with Gasteiger partial charge in [-0.1, -0.05) is 65.9 Å². The number of allylic oxidation sites excluding steroid dienone is 1. The molecule has 1 saturated carbocycles. The Hall–Kier alpha value is -0.560. The summed E-state index contributed by atoms with van der Waals surface area (Å²) in [5.41, 5.74) is -1.18. The summed E-state index contributed by atoms with van der Waals surface area (Å²) in [6.45, 7) is 3.37. The van der Waals surface area contributed by atoms with E-state index in [1.807, 2.05) is 65.9 Å². The molecule has 0 N–H and O–H groups in total. The molecule has 5 heteroatoms. The zero-order valence-corrected chi connectivity index (χ0v) is 16.9. The largest absolute Gasteiger partial charge is 0.397 e. The lowest BCUT2D eigenvalue weighted by Crippen LogP contribution is -2.63. The van der Waals surface area contributed by atoms with E-state index in [9.17, 15) is 13.2 Å². The Bertz CT molecular complexity index is 667. The van der Waals surface area contributed by atoms with Gasteiger partial charge in [-0.05, 0) is 42.7 Å². The molecule has 0 radical (unpaired) electrons. The molecule has 25 heavy (non-hydrogen) atoms. The fraction of sp³-hybridized carbons (Fsp3) is 0.600. The number of alkyl halides is 4. The first-order chi connectivity index (χ1) is 11.7. The third-order valence-electron chi connectivity index (χ3n) is 6.18. The van der Waals surface area contributed by atoms with Crippen LogP contribution in [0, 0.1) is 17.3 Å². The highest BCUT2D eigenvalue weighted by molar-refractivity contribution is 14.1. The zero-order chi connectivity index (χ0) is 18.5. The Kier molecular flexibility index (Phi) is 5.04. The zero-order valence-electron chi connectivity index (χ0n) is 14.7. The minimum absolute atomic E-state index is 0.0138. The Morgan fingerprint density at radius 3 is 2.36 bits per heavy atom. The minimum atomic E-state index is -4.33. The van der Waals surface area contributed by atoms with Gasteiger partial charge in [0.05, 0.1) is 5.60 Å². The SMILES string of the molecule is COC(C1CC1)(C1c2ccccc2C=CC1C)C(C)(CI)C(F)(F)F. The third-order valence-corrected chi connectivity index (χ3v) is 7.70. The molecule has 1 aromatic rings. The lowest BCUT2D eigenvalue weighted by Gasteiger charge is -2.54. The van der Waals surface area contributed by atoms with E-state index < -0.39 is 17.2 Å². The van der Waals surface area contributed by atoms with E-state index in [-0.39, 0.29) is 22.2 Å². The van der Waals surface area contributed by atoms with Crippen LogP contribution in [0.25, 0.3) is 6.08 Å². The predicted octanol–water partition coefficient (Wildman–Crippen LogP) is 6.23. The van der Waals surface area contributed by atoms with Crippen LogP contribution < -0.4 is 0 Å². The molecule has 3 rings (SSSR count). The molecule has 0 bridgehead atoms. The van der Waals surface area contributed by atoms with Gasteiger partial charge in [0.2, 0.25) is 0 Å². The molecule has 4 unspecified atom stereocenters. The van der Waals surface area contributed by atoms with Crippen molar-refractivity contribution >= 4 is 28.7 Å². The molecule has 0 heterocycles. The maximum Gasteiger partial charge on any atom is 0.397 e. The van der Waals surface area contributed by atoms with Gasteiger partial charge < -0.3 is 4.74 Å². The van der Waals surface area contributed by atoms with E-state index in [2.05, 4.69) is 0 Å². The van der Waals surface area contributed by atoms with E-state index in [0.29, 0.717) is 0 Å². The summed E-state index contributed by atoms with van der Waals surface area (Å²) in [5, 5.41) is 0. The maximum absolute atomic E-state index is 14.3. The summed E-state index contributed by atoms with van der Waals surface area (Å²) < 4.78 is 48.9. The van der Waals surface area contributed by atoms with Crippen LogP contribution >= 0.6 is 22.6 Å². The van der Waals surface area contributed by atoms with Crippen LogP contribution in [-0.2, 0) is 4.74 Å². The summed E-state index contributed by atoms with van der Waals surface area (Å²) in [6.07, 6.45) is 1.32. The number of hydrogen-bond acceptors (Lipinski definition) is 1. The third kappa shape index (κ3) is 2.76. The maximum atomic E-state index is 14.3. The molecule has 0 amide bonds. The summed E-state index contributed by atoms with van der Waals surface area (Å²) >= 11 is 1.89. The van der Waals surface area contributed by atoms with Crippen LogP contribution in [0.4, 0.5) is 13.2 Å². The van der Waals surface area contributed by atoms with E-state index >= 15 is 0 Å². The molecule has 2 aliphatic rings. The normalized spacial score (nSPS) is 28.1. The molecule has 0 saturated heterocycles. The lowest BCUT2D eigenvalue weighted by molar-refractivity contribution is -0.288. The van der Waals surface area contributed by atoms with Crippen LogP contribution in [0.3, 0.4) is 0 Å². The van der Waals surface area contributed by atoms with Gasteiger partial charge in [-0.2, -0.15) is 13.2 Å². The van der Waals surface area contributed by atoms with Crippen molar-refractivity contribution in [3.05, 3.63) is 41.5 Å². The fourth-order valence-electron chi connectivity index (χ4n) is 4.70. The Labute approximate surface area is 161 Å². The van der Waals surface area contributed by atoms with Crippen molar-refractivity contribution in [2.45, 2.75) is 44.4 Å². The second-order valence-electron chi connectivity index (χ2n) is 7.56. The molecule has 4 atom stereocenters. The lowest BCUT2D eigenvalue weighted by atomic mass is 9.58. The van der Waals surface area contributed by atoms with Crippen molar-refractivity contribution in [1.82, 2.24) is 0 Å². The van der Waals surface area contributed by atoms with Gasteiger partial charge in [-0.15, -0.1) is 0 Å². The Balaban J connectivity index is 2.25. The molecular weight excluding hydrogens is 440 g/mol. The highest BCUT2D eigenvalue weighted by atomic mass is 127. The minimum Gasteiger partial charge on any atom is -0.376 e. The van der Waals surface area contributed by atoms with Crippen molar-refractivity contribution in [3.63, 3.8) is 0 Å². The van der Waals surface area contributed by atoms with Crippen LogP contribution in [0.1, 0.15) is 43.7 Å². The molecular formula is C20H24F3IO. The van der Waals surface area contributed by atoms with E-state index in [1.54, 1.807) is 0 Å². The number of ether oxygens (including phenoxy) is 1. The van der Waals surface area contributed by atoms with Gasteiger partial charge in [-0.3, -0.25) is 0 Å². The van der Waals surface area contributed by atoms with E-state index in [4.69, 9.17) is 4.74 Å². The summed E-state index contributed by atoms with van der Waals surface area (Å²) in [5.74, 6) is -0.390. The average Bonchev–Trinajstić information content (AvgIpc) is 3.41. The molecule has 1 nitrogen and oxygen atoms in total. The number of methoxy groups -OCH3 is 1. The van der Waals surface area contributed by atoms with Gasteiger partial charge in [0.15, 0.2) is 0 Å². The van der Waals surface area contributed by atoms with Crippen LogP contribution in [0.15, 0.2) is 30.3 Å². The average molecular weight is 464 g/mol. The van der Waals surface area contributed by atoms with Gasteiger partial charge >= 0.3 is 6.18 Å². The topological polar surface area (TPSA) is 9.23 Å². The van der Waals surface area contributed by atoms with Gasteiger partial charge in [0.25, 0.3) is 0 Å². The Morgan fingerprint density at radius 1 is 1.20 bits per heavy atom. The van der Waals surface area contributed by atoms with Crippen molar-refractivity contribution in [2.24, 2.45) is 17.3 Å². The van der Waals surface area contributed by atoms with Crippen molar-refractivity contribution < 1.29 is 17.9 Å². The smallest absolute Gasteiger partial charge is 0.376 e. The molecule has 1 fully saturated rings. The standard InChI is InChI=1S/C20H24F3IO/c1-13-8-9-14-6-4-5-7-16(14)17(13)19(25-3,15-10-11-15)18(2,12-24)20(21,22)23/h4-9,13,15,17H,10-12H2,1-3H3.